The Hall–Kier alpha value is -1.67. The van der Waals surface area contributed by atoms with Crippen LogP contribution in [0.3, 0.4) is 0 Å². The normalized spacial score (nSPS) is 11.2. The number of sulfonamides is 1. The molecule has 18 heavy (non-hydrogen) atoms. The highest BCUT2D eigenvalue weighted by molar-refractivity contribution is 7.89. The first-order chi connectivity index (χ1) is 8.44. The lowest BCUT2D eigenvalue weighted by molar-refractivity contribution is -0.384. The van der Waals surface area contributed by atoms with E-state index in [9.17, 15) is 18.5 Å². The molecular formula is C10H15N3O4S. The van der Waals surface area contributed by atoms with Gasteiger partial charge < -0.3 is 5.32 Å². The van der Waals surface area contributed by atoms with Crippen LogP contribution in [-0.2, 0) is 10.0 Å². The molecule has 0 heterocycles. The van der Waals surface area contributed by atoms with Gasteiger partial charge in [-0.05, 0) is 6.07 Å². The van der Waals surface area contributed by atoms with E-state index in [1.54, 1.807) is 19.1 Å². The summed E-state index contributed by atoms with van der Waals surface area (Å²) >= 11 is 0. The summed E-state index contributed by atoms with van der Waals surface area (Å²) in [7, 11) is -3.27. The lowest BCUT2D eigenvalue weighted by Crippen LogP contribution is -2.29. The van der Waals surface area contributed by atoms with Crippen molar-refractivity contribution in [2.24, 2.45) is 0 Å². The van der Waals surface area contributed by atoms with Crippen LogP contribution in [0.2, 0.25) is 0 Å². The Morgan fingerprint density at radius 2 is 2.11 bits per heavy atom. The molecule has 1 rings (SSSR count). The number of nitro groups is 1. The quantitative estimate of drug-likeness (QED) is 0.569. The van der Waals surface area contributed by atoms with Gasteiger partial charge in [-0.2, -0.15) is 0 Å². The molecule has 0 saturated carbocycles. The molecule has 0 unspecified atom stereocenters. The minimum atomic E-state index is -3.27. The van der Waals surface area contributed by atoms with Gasteiger partial charge in [0.1, 0.15) is 0 Å². The second-order valence-corrected chi connectivity index (χ2v) is 5.48. The fourth-order valence-corrected chi connectivity index (χ4v) is 2.31. The third-order valence-electron chi connectivity index (χ3n) is 2.12. The van der Waals surface area contributed by atoms with Crippen LogP contribution in [0.25, 0.3) is 0 Å². The van der Waals surface area contributed by atoms with E-state index < -0.39 is 14.9 Å². The maximum atomic E-state index is 11.3. The van der Waals surface area contributed by atoms with Gasteiger partial charge in [-0.25, -0.2) is 13.1 Å². The van der Waals surface area contributed by atoms with Crippen molar-refractivity contribution in [3.63, 3.8) is 0 Å². The molecule has 0 atom stereocenters. The van der Waals surface area contributed by atoms with Crippen molar-refractivity contribution in [1.82, 2.24) is 4.72 Å². The third kappa shape index (κ3) is 4.68. The third-order valence-corrected chi connectivity index (χ3v) is 3.59. The fraction of sp³-hybridized carbons (Fsp3) is 0.400. The number of nitrogens with one attached hydrogen (secondary N) is 2. The summed E-state index contributed by atoms with van der Waals surface area (Å²) in [4.78, 5) is 10.0. The van der Waals surface area contributed by atoms with Crippen LogP contribution < -0.4 is 10.0 Å². The maximum Gasteiger partial charge on any atom is 0.271 e. The van der Waals surface area contributed by atoms with Gasteiger partial charge in [-0.15, -0.1) is 0 Å². The first kappa shape index (κ1) is 14.4. The molecule has 0 spiro atoms. The molecule has 0 aliphatic carbocycles. The van der Waals surface area contributed by atoms with Crippen LogP contribution in [0.1, 0.15) is 6.92 Å². The topological polar surface area (TPSA) is 101 Å². The molecule has 0 aromatic heterocycles. The lowest BCUT2D eigenvalue weighted by atomic mass is 10.3. The summed E-state index contributed by atoms with van der Waals surface area (Å²) < 4.78 is 25.0. The molecule has 100 valence electrons. The monoisotopic (exact) mass is 273 g/mol. The van der Waals surface area contributed by atoms with Gasteiger partial charge in [0.05, 0.1) is 10.7 Å². The zero-order valence-corrected chi connectivity index (χ0v) is 10.7. The molecule has 1 aromatic rings. The number of nitrogens with zero attached hydrogens (tertiary/aromatic N) is 1. The van der Waals surface area contributed by atoms with Gasteiger partial charge in [-0.1, -0.05) is 13.0 Å². The van der Waals surface area contributed by atoms with Gasteiger partial charge in [-0.3, -0.25) is 10.1 Å². The van der Waals surface area contributed by atoms with Crippen molar-refractivity contribution in [2.45, 2.75) is 6.92 Å². The molecule has 1 aromatic carbocycles. The van der Waals surface area contributed by atoms with Crippen molar-refractivity contribution >= 4 is 21.4 Å². The van der Waals surface area contributed by atoms with Crippen LogP contribution in [0.5, 0.6) is 0 Å². The van der Waals surface area contributed by atoms with E-state index in [1.807, 2.05) is 0 Å². The van der Waals surface area contributed by atoms with Crippen molar-refractivity contribution in [2.75, 3.05) is 24.2 Å². The van der Waals surface area contributed by atoms with E-state index in [4.69, 9.17) is 0 Å². The first-order valence-electron chi connectivity index (χ1n) is 5.40. The molecule has 0 fully saturated rings. The van der Waals surface area contributed by atoms with Gasteiger partial charge in [0.15, 0.2) is 0 Å². The number of anilines is 1. The van der Waals surface area contributed by atoms with Crippen LogP contribution in [0.4, 0.5) is 11.4 Å². The minimum Gasteiger partial charge on any atom is -0.384 e. The zero-order chi connectivity index (χ0) is 13.6. The smallest absolute Gasteiger partial charge is 0.271 e. The second-order valence-electron chi connectivity index (χ2n) is 3.55. The van der Waals surface area contributed by atoms with E-state index in [-0.39, 0.29) is 18.0 Å². The number of non-ortho nitro benzene ring substituents is 1. The van der Waals surface area contributed by atoms with Gasteiger partial charge >= 0.3 is 0 Å². The Morgan fingerprint density at radius 3 is 2.72 bits per heavy atom. The standard InChI is InChI=1S/C10H15N3O4S/c1-2-12-18(16,17)7-6-11-9-4-3-5-10(8-9)13(14)15/h3-5,8,11-12H,2,6-7H2,1H3. The Bertz CT molecular complexity index is 516. The van der Waals surface area contributed by atoms with Crippen molar-refractivity contribution < 1.29 is 13.3 Å². The van der Waals surface area contributed by atoms with Gasteiger partial charge in [0.25, 0.3) is 5.69 Å². The van der Waals surface area contributed by atoms with Gasteiger partial charge in [0.2, 0.25) is 10.0 Å². The van der Waals surface area contributed by atoms with E-state index in [1.165, 1.54) is 12.1 Å². The molecular weight excluding hydrogens is 258 g/mol. The summed E-state index contributed by atoms with van der Waals surface area (Å²) in [6, 6.07) is 5.92. The van der Waals surface area contributed by atoms with Crippen LogP contribution in [0.15, 0.2) is 24.3 Å². The predicted molar refractivity (Wildman–Crippen MR) is 69.0 cm³/mol. The number of hydrogen-bond donors (Lipinski definition) is 2. The highest BCUT2D eigenvalue weighted by atomic mass is 32.2. The molecule has 0 bridgehead atoms. The van der Waals surface area contributed by atoms with Gasteiger partial charge in [0, 0.05) is 30.9 Å². The van der Waals surface area contributed by atoms with Crippen LogP contribution in [0, 0.1) is 10.1 Å². The Balaban J connectivity index is 2.54. The number of rotatable bonds is 7. The summed E-state index contributed by atoms with van der Waals surface area (Å²) in [5.41, 5.74) is 0.491. The maximum absolute atomic E-state index is 11.3. The van der Waals surface area contributed by atoms with E-state index in [0.717, 1.165) is 0 Å². The summed E-state index contributed by atoms with van der Waals surface area (Å²) in [6.07, 6.45) is 0. The average molecular weight is 273 g/mol. The summed E-state index contributed by atoms with van der Waals surface area (Å²) in [5, 5.41) is 13.4. The fourth-order valence-electron chi connectivity index (χ4n) is 1.35. The zero-order valence-electron chi connectivity index (χ0n) is 9.92. The Kier molecular flexibility index (Phi) is 5.05. The number of hydrogen-bond acceptors (Lipinski definition) is 5. The molecule has 0 saturated heterocycles. The highest BCUT2D eigenvalue weighted by Crippen LogP contribution is 2.16. The molecule has 8 heteroatoms. The molecule has 0 aliphatic rings. The van der Waals surface area contributed by atoms with Crippen LogP contribution in [-0.4, -0.2) is 32.2 Å². The predicted octanol–water partition coefficient (Wildman–Crippen LogP) is 0.946. The summed E-state index contributed by atoms with van der Waals surface area (Å²) in [6.45, 7) is 2.24. The van der Waals surface area contributed by atoms with Crippen molar-refractivity contribution in [3.05, 3.63) is 34.4 Å². The molecule has 7 nitrogen and oxygen atoms in total. The summed E-state index contributed by atoms with van der Waals surface area (Å²) in [5.74, 6) is -0.0798. The van der Waals surface area contributed by atoms with E-state index in [0.29, 0.717) is 12.2 Å². The van der Waals surface area contributed by atoms with Crippen molar-refractivity contribution in [1.29, 1.82) is 0 Å². The van der Waals surface area contributed by atoms with Crippen molar-refractivity contribution in [3.8, 4) is 0 Å². The van der Waals surface area contributed by atoms with E-state index in [2.05, 4.69) is 10.0 Å². The molecule has 2 N–H and O–H groups in total. The highest BCUT2D eigenvalue weighted by Gasteiger charge is 2.09. The largest absolute Gasteiger partial charge is 0.384 e. The Morgan fingerprint density at radius 1 is 1.39 bits per heavy atom. The SMILES string of the molecule is CCNS(=O)(=O)CCNc1cccc([N+](=O)[O-])c1. The first-order valence-corrected chi connectivity index (χ1v) is 7.05. The lowest BCUT2D eigenvalue weighted by Gasteiger charge is -2.07. The molecule has 0 radical (unpaired) electrons. The Labute approximate surface area is 105 Å². The number of nitro benzene ring substituents is 1. The van der Waals surface area contributed by atoms with E-state index >= 15 is 0 Å². The second kappa shape index (κ2) is 6.31. The average Bonchev–Trinajstić information content (AvgIpc) is 2.29. The minimum absolute atomic E-state index is 0.0328. The molecule has 0 aliphatic heterocycles. The number of benzene rings is 1. The van der Waals surface area contributed by atoms with Crippen LogP contribution >= 0.6 is 0 Å². The molecule has 0 amide bonds.